The Morgan fingerprint density at radius 3 is 2.73 bits per heavy atom. The Balaban J connectivity index is 2.13. The molecule has 2 N–H and O–H groups in total. The zero-order valence-electron chi connectivity index (χ0n) is 9.93. The van der Waals surface area contributed by atoms with Crippen LogP contribution in [0.3, 0.4) is 0 Å². The predicted molar refractivity (Wildman–Crippen MR) is 59.7 cm³/mol. The Hall–Kier alpha value is -0.610. The normalized spacial score (nSPS) is 20.5. The summed E-state index contributed by atoms with van der Waals surface area (Å²) in [5.74, 6) is -0.0101. The van der Waals surface area contributed by atoms with Gasteiger partial charge in [0.05, 0.1) is 5.60 Å². The minimum absolute atomic E-state index is 0.0101. The van der Waals surface area contributed by atoms with E-state index in [1.807, 2.05) is 13.8 Å². The first-order chi connectivity index (χ1) is 7.06. The van der Waals surface area contributed by atoms with Crippen molar-refractivity contribution in [3.63, 3.8) is 0 Å². The number of amides is 1. The first-order valence-corrected chi connectivity index (χ1v) is 5.70. The summed E-state index contributed by atoms with van der Waals surface area (Å²) >= 11 is 0. The van der Waals surface area contributed by atoms with Crippen LogP contribution in [0.1, 0.15) is 33.6 Å². The lowest BCUT2D eigenvalue weighted by molar-refractivity contribution is -0.136. The molecule has 1 aliphatic heterocycles. The second-order valence-electron chi connectivity index (χ2n) is 4.60. The number of rotatable bonds is 6. The number of carbonyl (C=O) groups is 1. The summed E-state index contributed by atoms with van der Waals surface area (Å²) in [6, 6.07) is 0.249. The van der Waals surface area contributed by atoms with Crippen LogP contribution in [0.15, 0.2) is 0 Å². The second-order valence-corrected chi connectivity index (χ2v) is 4.60. The van der Waals surface area contributed by atoms with Gasteiger partial charge in [-0.2, -0.15) is 0 Å². The molecule has 1 unspecified atom stereocenters. The lowest BCUT2D eigenvalue weighted by Gasteiger charge is -2.38. The highest BCUT2D eigenvalue weighted by atomic mass is 16.5. The van der Waals surface area contributed by atoms with Crippen LogP contribution in [0, 0.1) is 0 Å². The fourth-order valence-electron chi connectivity index (χ4n) is 1.64. The summed E-state index contributed by atoms with van der Waals surface area (Å²) < 4.78 is 5.53. The first kappa shape index (κ1) is 12.5. The van der Waals surface area contributed by atoms with Gasteiger partial charge in [0.15, 0.2) is 0 Å². The molecular formula is C11H22N2O2. The van der Waals surface area contributed by atoms with Crippen molar-refractivity contribution < 1.29 is 9.53 Å². The van der Waals surface area contributed by atoms with Crippen LogP contribution in [0.2, 0.25) is 0 Å². The van der Waals surface area contributed by atoms with Gasteiger partial charge in [-0.25, -0.2) is 0 Å². The quantitative estimate of drug-likeness (QED) is 0.683. The van der Waals surface area contributed by atoms with Crippen LogP contribution in [-0.2, 0) is 9.53 Å². The molecule has 0 aromatic carbocycles. The summed E-state index contributed by atoms with van der Waals surface area (Å²) in [6.45, 7) is 8.00. The van der Waals surface area contributed by atoms with Gasteiger partial charge in [0.25, 0.3) is 0 Å². The molecule has 1 aliphatic rings. The number of carbonyl (C=O) groups excluding carboxylic acids is 1. The fraction of sp³-hybridized carbons (Fsp3) is 0.909. The van der Waals surface area contributed by atoms with Crippen LogP contribution in [0.4, 0.5) is 0 Å². The Labute approximate surface area is 91.8 Å². The Morgan fingerprint density at radius 1 is 1.60 bits per heavy atom. The third-order valence-electron chi connectivity index (χ3n) is 2.68. The van der Waals surface area contributed by atoms with Gasteiger partial charge < -0.3 is 15.4 Å². The molecular weight excluding hydrogens is 192 g/mol. The Bertz CT molecular complexity index is 215. The number of hydrogen-bond donors (Lipinski definition) is 2. The predicted octanol–water partition coefficient (Wildman–Crippen LogP) is 0.670. The van der Waals surface area contributed by atoms with Crippen LogP contribution < -0.4 is 10.6 Å². The van der Waals surface area contributed by atoms with Gasteiger partial charge in [0.2, 0.25) is 5.91 Å². The van der Waals surface area contributed by atoms with Gasteiger partial charge in [-0.15, -0.1) is 0 Å². The molecule has 0 bridgehead atoms. The van der Waals surface area contributed by atoms with E-state index in [0.717, 1.165) is 25.9 Å². The lowest BCUT2D eigenvalue weighted by Crippen LogP contribution is -2.59. The standard InChI is InChI=1S/C11H22N2O2/c1-4-5-9(2)13-10(14)6-15-11(3)7-12-8-11/h9,12H,4-8H2,1-3H3,(H,13,14). The SMILES string of the molecule is CCCC(C)NC(=O)COC1(C)CNC1. The molecule has 0 aromatic rings. The van der Waals surface area contributed by atoms with Gasteiger partial charge in [-0.3, -0.25) is 4.79 Å². The molecule has 15 heavy (non-hydrogen) atoms. The van der Waals surface area contributed by atoms with E-state index in [9.17, 15) is 4.79 Å². The van der Waals surface area contributed by atoms with Crippen molar-refractivity contribution >= 4 is 5.91 Å². The molecule has 4 nitrogen and oxygen atoms in total. The summed E-state index contributed by atoms with van der Waals surface area (Å²) in [5, 5.41) is 6.05. The van der Waals surface area contributed by atoms with Crippen molar-refractivity contribution in [1.82, 2.24) is 10.6 Å². The minimum Gasteiger partial charge on any atom is -0.363 e. The van der Waals surface area contributed by atoms with E-state index in [4.69, 9.17) is 4.74 Å². The molecule has 0 radical (unpaired) electrons. The smallest absolute Gasteiger partial charge is 0.246 e. The maximum absolute atomic E-state index is 11.5. The van der Waals surface area contributed by atoms with Crippen LogP contribution >= 0.6 is 0 Å². The first-order valence-electron chi connectivity index (χ1n) is 5.70. The number of nitrogens with one attached hydrogen (secondary N) is 2. The van der Waals surface area contributed by atoms with Gasteiger partial charge in [-0.05, 0) is 20.3 Å². The lowest BCUT2D eigenvalue weighted by atomic mass is 10.0. The van der Waals surface area contributed by atoms with Crippen LogP contribution in [0.25, 0.3) is 0 Å². The highest BCUT2D eigenvalue weighted by Crippen LogP contribution is 2.14. The highest BCUT2D eigenvalue weighted by Gasteiger charge is 2.33. The van der Waals surface area contributed by atoms with Crippen LogP contribution in [-0.4, -0.2) is 37.2 Å². The van der Waals surface area contributed by atoms with E-state index in [1.54, 1.807) is 0 Å². The molecule has 1 heterocycles. The van der Waals surface area contributed by atoms with Crippen molar-refractivity contribution in [3.8, 4) is 0 Å². The molecule has 1 atom stereocenters. The summed E-state index contributed by atoms with van der Waals surface area (Å²) in [7, 11) is 0. The second kappa shape index (κ2) is 5.47. The molecule has 0 saturated carbocycles. The van der Waals surface area contributed by atoms with Gasteiger partial charge in [0.1, 0.15) is 6.61 Å². The summed E-state index contributed by atoms with van der Waals surface area (Å²) in [5.41, 5.74) is -0.134. The number of ether oxygens (including phenoxy) is 1. The highest BCUT2D eigenvalue weighted by molar-refractivity contribution is 5.77. The van der Waals surface area contributed by atoms with Crippen LogP contribution in [0.5, 0.6) is 0 Å². The van der Waals surface area contributed by atoms with Gasteiger partial charge in [-0.1, -0.05) is 13.3 Å². The average molecular weight is 214 g/mol. The molecule has 1 fully saturated rings. The van der Waals surface area contributed by atoms with Crippen molar-refractivity contribution in [2.45, 2.75) is 45.3 Å². The average Bonchev–Trinajstić information content (AvgIpc) is 2.12. The summed E-state index contributed by atoms with van der Waals surface area (Å²) in [6.07, 6.45) is 2.11. The molecule has 0 aromatic heterocycles. The number of hydrogen-bond acceptors (Lipinski definition) is 3. The molecule has 4 heteroatoms. The largest absolute Gasteiger partial charge is 0.363 e. The van der Waals surface area contributed by atoms with Crippen molar-refractivity contribution in [2.75, 3.05) is 19.7 Å². The van der Waals surface area contributed by atoms with E-state index in [1.165, 1.54) is 0 Å². The molecule has 1 amide bonds. The van der Waals surface area contributed by atoms with Crippen molar-refractivity contribution in [1.29, 1.82) is 0 Å². The van der Waals surface area contributed by atoms with E-state index in [-0.39, 0.29) is 24.2 Å². The van der Waals surface area contributed by atoms with Gasteiger partial charge in [0, 0.05) is 19.1 Å². The van der Waals surface area contributed by atoms with Gasteiger partial charge >= 0.3 is 0 Å². The summed E-state index contributed by atoms with van der Waals surface area (Å²) in [4.78, 5) is 11.5. The minimum atomic E-state index is -0.134. The van der Waals surface area contributed by atoms with E-state index < -0.39 is 0 Å². The molecule has 88 valence electrons. The van der Waals surface area contributed by atoms with E-state index >= 15 is 0 Å². The fourth-order valence-corrected chi connectivity index (χ4v) is 1.64. The Kier molecular flexibility index (Phi) is 4.54. The topological polar surface area (TPSA) is 50.4 Å². The molecule has 1 rings (SSSR count). The van der Waals surface area contributed by atoms with E-state index in [2.05, 4.69) is 17.6 Å². The molecule has 0 aliphatic carbocycles. The molecule has 1 saturated heterocycles. The zero-order valence-corrected chi connectivity index (χ0v) is 9.93. The Morgan fingerprint density at radius 2 is 2.27 bits per heavy atom. The maximum Gasteiger partial charge on any atom is 0.246 e. The van der Waals surface area contributed by atoms with Crippen molar-refractivity contribution in [3.05, 3.63) is 0 Å². The molecule has 0 spiro atoms. The van der Waals surface area contributed by atoms with E-state index in [0.29, 0.717) is 0 Å². The monoisotopic (exact) mass is 214 g/mol. The third kappa shape index (κ3) is 4.18. The van der Waals surface area contributed by atoms with Crippen molar-refractivity contribution in [2.24, 2.45) is 0 Å². The third-order valence-corrected chi connectivity index (χ3v) is 2.68. The maximum atomic E-state index is 11.5. The zero-order chi connectivity index (χ0) is 11.3.